The molecule has 0 aromatic carbocycles. The summed E-state index contributed by atoms with van der Waals surface area (Å²) in [6.07, 6.45) is 7.12. The van der Waals surface area contributed by atoms with Crippen molar-refractivity contribution in [2.45, 2.75) is 47.5 Å². The molecular weight excluding hydrogens is 238 g/mol. The minimum Gasteiger partial charge on any atom is -0.303 e. The topological polar surface area (TPSA) is 3.24 Å². The van der Waals surface area contributed by atoms with E-state index in [1.54, 1.807) is 0 Å². The van der Waals surface area contributed by atoms with Crippen LogP contribution in [-0.2, 0) is 0 Å². The molecule has 0 unspecified atom stereocenters. The molecule has 0 aromatic heterocycles. The molecule has 1 nitrogen and oxygen atoms in total. The molecular formula is C16H31NS. The molecule has 0 fully saturated rings. The van der Waals surface area contributed by atoms with Crippen LogP contribution >= 0.6 is 11.8 Å². The Morgan fingerprint density at radius 2 is 1.72 bits per heavy atom. The molecule has 106 valence electrons. The summed E-state index contributed by atoms with van der Waals surface area (Å²) in [7, 11) is 0. The van der Waals surface area contributed by atoms with E-state index in [1.807, 2.05) is 11.8 Å². The van der Waals surface area contributed by atoms with Crippen molar-refractivity contribution in [2.24, 2.45) is 0 Å². The van der Waals surface area contributed by atoms with Gasteiger partial charge in [-0.1, -0.05) is 37.1 Å². The number of hydrogen-bond acceptors (Lipinski definition) is 2. The van der Waals surface area contributed by atoms with Crippen molar-refractivity contribution in [1.82, 2.24) is 4.90 Å². The van der Waals surface area contributed by atoms with Gasteiger partial charge in [-0.25, -0.2) is 0 Å². The van der Waals surface area contributed by atoms with Crippen molar-refractivity contribution < 1.29 is 0 Å². The van der Waals surface area contributed by atoms with Gasteiger partial charge in [-0.3, -0.25) is 0 Å². The largest absolute Gasteiger partial charge is 0.303 e. The molecule has 0 atom stereocenters. The first-order valence-electron chi connectivity index (χ1n) is 7.19. The van der Waals surface area contributed by atoms with Gasteiger partial charge in [0.25, 0.3) is 0 Å². The van der Waals surface area contributed by atoms with E-state index in [-0.39, 0.29) is 0 Å². The third kappa shape index (κ3) is 10.9. The van der Waals surface area contributed by atoms with Gasteiger partial charge in [0.2, 0.25) is 0 Å². The Bertz CT molecular complexity index is 248. The molecule has 0 saturated carbocycles. The minimum absolute atomic E-state index is 1.17. The minimum atomic E-state index is 1.17. The highest BCUT2D eigenvalue weighted by molar-refractivity contribution is 7.99. The fourth-order valence-corrected chi connectivity index (χ4v) is 2.66. The normalized spacial score (nSPS) is 12.0. The summed E-state index contributed by atoms with van der Waals surface area (Å²) >= 11 is 2.05. The van der Waals surface area contributed by atoms with Gasteiger partial charge in [-0.05, 0) is 46.7 Å². The number of allylic oxidation sites excluding steroid dienone is 3. The van der Waals surface area contributed by atoms with Crippen LogP contribution in [0.5, 0.6) is 0 Å². The van der Waals surface area contributed by atoms with Crippen molar-refractivity contribution in [3.05, 3.63) is 23.3 Å². The Morgan fingerprint density at radius 3 is 2.28 bits per heavy atom. The second-order valence-electron chi connectivity index (χ2n) is 4.97. The molecule has 0 amide bonds. The van der Waals surface area contributed by atoms with Gasteiger partial charge in [0, 0.05) is 18.1 Å². The van der Waals surface area contributed by atoms with Gasteiger partial charge in [-0.2, -0.15) is 11.8 Å². The molecule has 0 bridgehead atoms. The average Bonchev–Trinajstić information content (AvgIpc) is 2.33. The number of thioether (sulfide) groups is 1. The Hall–Kier alpha value is -0.210. The maximum absolute atomic E-state index is 2.48. The van der Waals surface area contributed by atoms with Gasteiger partial charge >= 0.3 is 0 Å². The Labute approximate surface area is 119 Å². The Kier molecular flexibility index (Phi) is 11.7. The lowest BCUT2D eigenvalue weighted by molar-refractivity contribution is 0.324. The third-order valence-electron chi connectivity index (χ3n) is 3.09. The van der Waals surface area contributed by atoms with E-state index in [0.29, 0.717) is 0 Å². The quantitative estimate of drug-likeness (QED) is 0.416. The zero-order chi connectivity index (χ0) is 13.8. The molecule has 0 aliphatic heterocycles. The maximum atomic E-state index is 2.48. The van der Waals surface area contributed by atoms with Crippen molar-refractivity contribution >= 4 is 11.8 Å². The first-order chi connectivity index (χ1) is 8.60. The van der Waals surface area contributed by atoms with E-state index in [2.05, 4.69) is 51.7 Å². The predicted molar refractivity (Wildman–Crippen MR) is 87.5 cm³/mol. The van der Waals surface area contributed by atoms with Crippen LogP contribution in [0.2, 0.25) is 0 Å². The van der Waals surface area contributed by atoms with Crippen LogP contribution in [0.3, 0.4) is 0 Å². The predicted octanol–water partition coefficient (Wildman–Crippen LogP) is 4.75. The first-order valence-corrected chi connectivity index (χ1v) is 8.34. The van der Waals surface area contributed by atoms with Crippen LogP contribution < -0.4 is 0 Å². The second-order valence-corrected chi connectivity index (χ2v) is 6.12. The van der Waals surface area contributed by atoms with Crippen molar-refractivity contribution in [1.29, 1.82) is 0 Å². The third-order valence-corrected chi connectivity index (χ3v) is 3.96. The standard InChI is InChI=1S/C16H31NS/c1-6-17(7-2)12-14-18-13-11-16(5)10-8-9-15(3)4/h9,11H,6-8,10,12-14H2,1-5H3. The Balaban J connectivity index is 3.59. The van der Waals surface area contributed by atoms with Crippen LogP contribution in [0.15, 0.2) is 23.3 Å². The zero-order valence-corrected chi connectivity index (χ0v) is 13.8. The van der Waals surface area contributed by atoms with E-state index in [1.165, 1.54) is 55.1 Å². The summed E-state index contributed by atoms with van der Waals surface area (Å²) in [6.45, 7) is 14.6. The van der Waals surface area contributed by atoms with E-state index < -0.39 is 0 Å². The van der Waals surface area contributed by atoms with Crippen LogP contribution in [-0.4, -0.2) is 36.0 Å². The van der Waals surface area contributed by atoms with Gasteiger partial charge in [0.05, 0.1) is 0 Å². The molecule has 0 rings (SSSR count). The number of hydrogen-bond donors (Lipinski definition) is 0. The molecule has 0 radical (unpaired) electrons. The summed E-state index contributed by atoms with van der Waals surface area (Å²) in [5, 5.41) is 0. The number of nitrogens with zero attached hydrogens (tertiary/aromatic N) is 1. The molecule has 2 heteroatoms. The lowest BCUT2D eigenvalue weighted by atomic mass is 10.1. The number of rotatable bonds is 10. The van der Waals surface area contributed by atoms with Crippen LogP contribution in [0, 0.1) is 0 Å². The lowest BCUT2D eigenvalue weighted by Gasteiger charge is -2.16. The van der Waals surface area contributed by atoms with E-state index in [9.17, 15) is 0 Å². The monoisotopic (exact) mass is 269 g/mol. The molecule has 0 saturated heterocycles. The Morgan fingerprint density at radius 1 is 1.06 bits per heavy atom. The van der Waals surface area contributed by atoms with Crippen LogP contribution in [0.25, 0.3) is 0 Å². The van der Waals surface area contributed by atoms with Gasteiger partial charge in [-0.15, -0.1) is 0 Å². The summed E-state index contributed by atoms with van der Waals surface area (Å²) in [6, 6.07) is 0. The molecule has 0 aliphatic carbocycles. The van der Waals surface area contributed by atoms with Crippen LogP contribution in [0.1, 0.15) is 47.5 Å². The fourth-order valence-electron chi connectivity index (χ4n) is 1.71. The van der Waals surface area contributed by atoms with Gasteiger partial charge in [0.1, 0.15) is 0 Å². The maximum Gasteiger partial charge on any atom is 0.0116 e. The summed E-state index contributed by atoms with van der Waals surface area (Å²) in [4.78, 5) is 2.48. The molecule has 0 aliphatic rings. The fraction of sp³-hybridized carbons (Fsp3) is 0.750. The van der Waals surface area contributed by atoms with Crippen molar-refractivity contribution in [3.8, 4) is 0 Å². The summed E-state index contributed by atoms with van der Waals surface area (Å²) < 4.78 is 0. The van der Waals surface area contributed by atoms with Gasteiger partial charge < -0.3 is 4.90 Å². The average molecular weight is 269 g/mol. The summed E-state index contributed by atoms with van der Waals surface area (Å²) in [5.41, 5.74) is 2.96. The molecule has 0 aromatic rings. The molecule has 0 heterocycles. The van der Waals surface area contributed by atoms with Gasteiger partial charge in [0.15, 0.2) is 0 Å². The highest BCUT2D eigenvalue weighted by Crippen LogP contribution is 2.09. The highest BCUT2D eigenvalue weighted by Gasteiger charge is 1.97. The van der Waals surface area contributed by atoms with E-state index in [0.717, 1.165) is 0 Å². The molecule has 18 heavy (non-hydrogen) atoms. The van der Waals surface area contributed by atoms with Crippen LogP contribution in [0.4, 0.5) is 0 Å². The van der Waals surface area contributed by atoms with E-state index >= 15 is 0 Å². The summed E-state index contributed by atoms with van der Waals surface area (Å²) in [5.74, 6) is 2.42. The molecule has 0 N–H and O–H groups in total. The highest BCUT2D eigenvalue weighted by atomic mass is 32.2. The lowest BCUT2D eigenvalue weighted by Crippen LogP contribution is -2.25. The van der Waals surface area contributed by atoms with Crippen molar-refractivity contribution in [2.75, 3.05) is 31.1 Å². The first kappa shape index (κ1) is 17.8. The van der Waals surface area contributed by atoms with E-state index in [4.69, 9.17) is 0 Å². The molecule has 0 spiro atoms. The zero-order valence-electron chi connectivity index (χ0n) is 13.0. The van der Waals surface area contributed by atoms with Crippen molar-refractivity contribution in [3.63, 3.8) is 0 Å². The smallest absolute Gasteiger partial charge is 0.0116 e. The SMILES string of the molecule is CCN(CC)CCSCC=C(C)CCC=C(C)C. The second kappa shape index (κ2) is 11.9.